The highest BCUT2D eigenvalue weighted by atomic mass is 28.4. The van der Waals surface area contributed by atoms with Gasteiger partial charge in [0.05, 0.1) is 12.1 Å². The normalized spacial score (nSPS) is 25.6. The smallest absolute Gasteiger partial charge is 0.192 e. The topological polar surface area (TPSA) is 45.5 Å². The molecule has 0 amide bonds. The summed E-state index contributed by atoms with van der Waals surface area (Å²) in [6.07, 6.45) is -1.47. The van der Waals surface area contributed by atoms with Crippen molar-refractivity contribution < 1.29 is 18.0 Å². The van der Waals surface area contributed by atoms with Crippen molar-refractivity contribution in [1.29, 1.82) is 0 Å². The molecule has 180 valence electrons. The average Bonchev–Trinajstić information content (AvgIpc) is 3.20. The van der Waals surface area contributed by atoms with Crippen LogP contribution in [-0.2, 0) is 13.6 Å². The standard InChI is InChI=1S/C24H41FN2O3Si2/c1-23(2,3)31(7,8)28-16-19-21(30-32(9,10)24(4,5)6)20(25)22(29-19)27-15-17-13-11-12-14-18(17)26-27/h11-15,19-22H,16H2,1-10H3/t19-,20+,21-,22+/m1/s1. The second-order valence-corrected chi connectivity index (χ2v) is 21.7. The van der Waals surface area contributed by atoms with E-state index in [1.54, 1.807) is 4.68 Å². The molecule has 0 spiro atoms. The maximum Gasteiger partial charge on any atom is 0.192 e. The van der Waals surface area contributed by atoms with E-state index in [4.69, 9.17) is 13.6 Å². The molecule has 1 aromatic heterocycles. The highest BCUT2D eigenvalue weighted by molar-refractivity contribution is 6.74. The summed E-state index contributed by atoms with van der Waals surface area (Å²) in [6, 6.07) is 7.79. The van der Waals surface area contributed by atoms with Crippen LogP contribution in [0, 0.1) is 0 Å². The van der Waals surface area contributed by atoms with Gasteiger partial charge in [0.2, 0.25) is 0 Å². The molecule has 1 aliphatic rings. The van der Waals surface area contributed by atoms with Crippen molar-refractivity contribution in [3.05, 3.63) is 30.5 Å². The van der Waals surface area contributed by atoms with E-state index >= 15 is 4.39 Å². The largest absolute Gasteiger partial charge is 0.414 e. The minimum absolute atomic E-state index is 0.0317. The average molecular weight is 481 g/mol. The number of nitrogens with zero attached hydrogens (tertiary/aromatic N) is 2. The predicted molar refractivity (Wildman–Crippen MR) is 134 cm³/mol. The molecule has 0 bridgehead atoms. The summed E-state index contributed by atoms with van der Waals surface area (Å²) in [5.74, 6) is 0. The molecule has 0 radical (unpaired) electrons. The Morgan fingerprint density at radius 1 is 1.00 bits per heavy atom. The molecule has 5 nitrogen and oxygen atoms in total. The Balaban J connectivity index is 1.89. The van der Waals surface area contributed by atoms with E-state index in [0.717, 1.165) is 10.9 Å². The van der Waals surface area contributed by atoms with Gasteiger partial charge in [-0.1, -0.05) is 59.7 Å². The van der Waals surface area contributed by atoms with Crippen LogP contribution in [0.15, 0.2) is 30.5 Å². The summed E-state index contributed by atoms with van der Waals surface area (Å²) in [7, 11) is -4.24. The summed E-state index contributed by atoms with van der Waals surface area (Å²) < 4.78 is 36.9. The van der Waals surface area contributed by atoms with Gasteiger partial charge in [0, 0.05) is 11.6 Å². The zero-order chi connectivity index (χ0) is 24.1. The number of alkyl halides is 1. The van der Waals surface area contributed by atoms with Crippen molar-refractivity contribution in [2.24, 2.45) is 0 Å². The Hall–Kier alpha value is -1.07. The lowest BCUT2D eigenvalue weighted by Crippen LogP contribution is -2.50. The fraction of sp³-hybridized carbons (Fsp3) is 0.708. The fourth-order valence-electron chi connectivity index (χ4n) is 3.32. The van der Waals surface area contributed by atoms with E-state index in [1.165, 1.54) is 0 Å². The third-order valence-corrected chi connectivity index (χ3v) is 16.6. The van der Waals surface area contributed by atoms with E-state index in [2.05, 4.69) is 72.8 Å². The first kappa shape index (κ1) is 25.6. The van der Waals surface area contributed by atoms with Crippen molar-refractivity contribution in [1.82, 2.24) is 9.78 Å². The van der Waals surface area contributed by atoms with Crippen molar-refractivity contribution in [2.45, 2.75) is 102 Å². The first-order chi connectivity index (χ1) is 14.5. The zero-order valence-electron chi connectivity index (χ0n) is 21.4. The van der Waals surface area contributed by atoms with E-state index in [9.17, 15) is 0 Å². The lowest BCUT2D eigenvalue weighted by molar-refractivity contribution is -0.0484. The molecule has 32 heavy (non-hydrogen) atoms. The number of ether oxygens (including phenoxy) is 1. The maximum atomic E-state index is 16.0. The summed E-state index contributed by atoms with van der Waals surface area (Å²) in [4.78, 5) is 0. The van der Waals surface area contributed by atoms with Gasteiger partial charge in [-0.15, -0.1) is 0 Å². The molecule has 2 heterocycles. The molecule has 1 aliphatic heterocycles. The van der Waals surface area contributed by atoms with Gasteiger partial charge in [-0.05, 0) is 42.3 Å². The Bertz CT molecular complexity index is 900. The zero-order valence-corrected chi connectivity index (χ0v) is 23.4. The molecule has 0 aliphatic carbocycles. The lowest BCUT2D eigenvalue weighted by Gasteiger charge is -2.40. The van der Waals surface area contributed by atoms with E-state index in [-0.39, 0.29) is 10.1 Å². The minimum Gasteiger partial charge on any atom is -0.414 e. The monoisotopic (exact) mass is 480 g/mol. The van der Waals surface area contributed by atoms with Gasteiger partial charge in [-0.2, -0.15) is 5.10 Å². The van der Waals surface area contributed by atoms with Crippen molar-refractivity contribution in [3.63, 3.8) is 0 Å². The van der Waals surface area contributed by atoms with E-state index in [0.29, 0.717) is 6.61 Å². The van der Waals surface area contributed by atoms with Crippen LogP contribution in [0.5, 0.6) is 0 Å². The number of hydrogen-bond donors (Lipinski definition) is 0. The van der Waals surface area contributed by atoms with Crippen LogP contribution >= 0.6 is 0 Å². The molecule has 8 heteroatoms. The van der Waals surface area contributed by atoms with Gasteiger partial charge >= 0.3 is 0 Å². The quantitative estimate of drug-likeness (QED) is 0.432. The van der Waals surface area contributed by atoms with E-state index in [1.807, 2.05) is 30.5 Å². The number of fused-ring (bicyclic) bond motifs is 1. The van der Waals surface area contributed by atoms with Crippen molar-refractivity contribution in [3.8, 4) is 0 Å². The first-order valence-corrected chi connectivity index (χ1v) is 17.4. The third-order valence-electron chi connectivity index (χ3n) is 7.61. The summed E-state index contributed by atoms with van der Waals surface area (Å²) in [5.41, 5.74) is 0.825. The van der Waals surface area contributed by atoms with Gasteiger partial charge in [-0.3, -0.25) is 0 Å². The molecule has 4 atom stereocenters. The number of halogens is 1. The van der Waals surface area contributed by atoms with Gasteiger partial charge in [0.25, 0.3) is 0 Å². The Kier molecular flexibility index (Phi) is 6.88. The highest BCUT2D eigenvalue weighted by Crippen LogP contribution is 2.43. The van der Waals surface area contributed by atoms with Crippen LogP contribution in [-0.4, -0.2) is 51.4 Å². The number of aromatic nitrogens is 2. The highest BCUT2D eigenvalue weighted by Gasteiger charge is 2.52. The first-order valence-electron chi connectivity index (χ1n) is 11.6. The van der Waals surface area contributed by atoms with Crippen LogP contribution in [0.3, 0.4) is 0 Å². The number of rotatable bonds is 6. The molecule has 1 saturated heterocycles. The summed E-state index contributed by atoms with van der Waals surface area (Å²) in [6.45, 7) is 22.2. The SMILES string of the molecule is CC(C)(C)[Si](C)(C)OC[C@H]1O[C@H](n2cc3ccccc3n2)[C@@H](F)[C@@H]1O[Si](C)(C)C(C)(C)C. The van der Waals surface area contributed by atoms with Gasteiger partial charge in [0.15, 0.2) is 29.0 Å². The van der Waals surface area contributed by atoms with Gasteiger partial charge in [0.1, 0.15) is 12.2 Å². The van der Waals surface area contributed by atoms with Crippen molar-refractivity contribution >= 4 is 27.5 Å². The maximum absolute atomic E-state index is 16.0. The molecule has 1 aromatic carbocycles. The van der Waals surface area contributed by atoms with Crippen LogP contribution in [0.2, 0.25) is 36.3 Å². The second kappa shape index (κ2) is 8.61. The molecule has 0 N–H and O–H groups in total. The Labute approximate surface area is 194 Å². The molecule has 3 rings (SSSR count). The van der Waals surface area contributed by atoms with Crippen LogP contribution < -0.4 is 0 Å². The fourth-order valence-corrected chi connectivity index (χ4v) is 5.65. The van der Waals surface area contributed by atoms with Gasteiger partial charge in [-0.25, -0.2) is 9.07 Å². The summed E-state index contributed by atoms with van der Waals surface area (Å²) in [5, 5.41) is 5.58. The molecule has 2 aromatic rings. The van der Waals surface area contributed by atoms with E-state index < -0.39 is 41.2 Å². The molecule has 1 fully saturated rings. The van der Waals surface area contributed by atoms with Crippen molar-refractivity contribution in [2.75, 3.05) is 6.61 Å². The number of benzene rings is 1. The summed E-state index contributed by atoms with van der Waals surface area (Å²) >= 11 is 0. The molecular weight excluding hydrogens is 439 g/mol. The molecule has 0 unspecified atom stereocenters. The Morgan fingerprint density at radius 2 is 1.59 bits per heavy atom. The van der Waals surface area contributed by atoms with Gasteiger partial charge < -0.3 is 13.6 Å². The van der Waals surface area contributed by atoms with Crippen LogP contribution in [0.1, 0.15) is 47.8 Å². The number of hydrogen-bond acceptors (Lipinski definition) is 4. The predicted octanol–water partition coefficient (Wildman–Crippen LogP) is 6.68. The second-order valence-electron chi connectivity index (χ2n) is 12.1. The minimum atomic E-state index is -2.22. The van der Waals surface area contributed by atoms with Crippen LogP contribution in [0.4, 0.5) is 4.39 Å². The van der Waals surface area contributed by atoms with Crippen LogP contribution in [0.25, 0.3) is 10.9 Å². The lowest BCUT2D eigenvalue weighted by atomic mass is 10.1. The Morgan fingerprint density at radius 3 is 2.16 bits per heavy atom. The molecule has 0 saturated carbocycles. The molecular formula is C24H41FN2O3Si2. The third kappa shape index (κ3) is 5.04.